The summed E-state index contributed by atoms with van der Waals surface area (Å²) in [5, 5.41) is 22.0. The molecule has 0 aliphatic carbocycles. The SMILES string of the molecule is CN1C(c2cc3c(cn2)[nH]c2ccc(N)c(C=N)c23)=CSC1C(C)(C)O. The summed E-state index contributed by atoms with van der Waals surface area (Å²) in [6, 6.07) is 5.76. The van der Waals surface area contributed by atoms with E-state index >= 15 is 0 Å². The van der Waals surface area contributed by atoms with Gasteiger partial charge in [-0.25, -0.2) is 0 Å². The van der Waals surface area contributed by atoms with Crippen molar-refractivity contribution in [3.8, 4) is 0 Å². The van der Waals surface area contributed by atoms with Crippen LogP contribution in [-0.2, 0) is 0 Å². The summed E-state index contributed by atoms with van der Waals surface area (Å²) < 4.78 is 0. The van der Waals surface area contributed by atoms with Crippen LogP contribution in [0, 0.1) is 5.41 Å². The molecule has 1 aliphatic heterocycles. The van der Waals surface area contributed by atoms with Crippen LogP contribution in [0.5, 0.6) is 0 Å². The molecule has 7 heteroatoms. The molecule has 6 nitrogen and oxygen atoms in total. The number of thioether (sulfide) groups is 1. The highest BCUT2D eigenvalue weighted by atomic mass is 32.2. The van der Waals surface area contributed by atoms with Gasteiger partial charge in [-0.2, -0.15) is 0 Å². The summed E-state index contributed by atoms with van der Waals surface area (Å²) in [5.74, 6) is 0. The third-order valence-corrected chi connectivity index (χ3v) is 6.28. The van der Waals surface area contributed by atoms with E-state index in [-0.39, 0.29) is 5.37 Å². The van der Waals surface area contributed by atoms with Gasteiger partial charge in [0, 0.05) is 40.8 Å². The number of anilines is 1. The number of H-pyrrole nitrogens is 1. The number of aromatic nitrogens is 2. The molecule has 3 heterocycles. The molecule has 2 aromatic heterocycles. The summed E-state index contributed by atoms with van der Waals surface area (Å²) in [6.45, 7) is 3.63. The predicted molar refractivity (Wildman–Crippen MR) is 109 cm³/mol. The van der Waals surface area contributed by atoms with Gasteiger partial charge in [0.1, 0.15) is 5.37 Å². The van der Waals surface area contributed by atoms with Crippen molar-refractivity contribution in [1.29, 1.82) is 5.41 Å². The number of fused-ring (bicyclic) bond motifs is 3. The van der Waals surface area contributed by atoms with Crippen molar-refractivity contribution >= 4 is 51.2 Å². The second-order valence-electron chi connectivity index (χ2n) is 7.13. The maximum atomic E-state index is 10.4. The fraction of sp³-hybridized carbons (Fsp3) is 0.263. The molecule has 5 N–H and O–H groups in total. The molecule has 1 atom stereocenters. The quantitative estimate of drug-likeness (QED) is 0.420. The van der Waals surface area contributed by atoms with Crippen molar-refractivity contribution in [3.05, 3.63) is 41.1 Å². The lowest BCUT2D eigenvalue weighted by atomic mass is 10.0. The van der Waals surface area contributed by atoms with E-state index in [0.717, 1.165) is 33.2 Å². The standard InChI is InChI=1S/C19H21N5OS/c1-19(2,25)18-24(3)16(9-26-18)14-6-10-15(8-22-14)23-13-5-4-12(21)11(7-20)17(10)13/h4-9,18,20,23,25H,21H2,1-3H3. The molecule has 4 rings (SSSR count). The summed E-state index contributed by atoms with van der Waals surface area (Å²) in [7, 11) is 1.97. The number of aromatic amines is 1. The van der Waals surface area contributed by atoms with E-state index in [4.69, 9.17) is 11.1 Å². The summed E-state index contributed by atoms with van der Waals surface area (Å²) >= 11 is 1.59. The van der Waals surface area contributed by atoms with E-state index in [1.165, 1.54) is 6.21 Å². The van der Waals surface area contributed by atoms with Crippen molar-refractivity contribution < 1.29 is 5.11 Å². The van der Waals surface area contributed by atoms with Crippen LogP contribution in [0.3, 0.4) is 0 Å². The highest BCUT2D eigenvalue weighted by molar-refractivity contribution is 8.03. The Balaban J connectivity index is 1.87. The van der Waals surface area contributed by atoms with Gasteiger partial charge in [-0.3, -0.25) is 4.98 Å². The number of nitrogens with two attached hydrogens (primary N) is 1. The van der Waals surface area contributed by atoms with Crippen LogP contribution in [0.4, 0.5) is 5.69 Å². The van der Waals surface area contributed by atoms with Crippen molar-refractivity contribution in [3.63, 3.8) is 0 Å². The molecular weight excluding hydrogens is 346 g/mol. The highest BCUT2D eigenvalue weighted by Crippen LogP contribution is 2.40. The minimum atomic E-state index is -0.829. The average Bonchev–Trinajstić information content (AvgIpc) is 3.14. The maximum absolute atomic E-state index is 10.4. The predicted octanol–water partition coefficient (Wildman–Crippen LogP) is 3.37. The Labute approximate surface area is 155 Å². The highest BCUT2D eigenvalue weighted by Gasteiger charge is 2.36. The van der Waals surface area contributed by atoms with Gasteiger partial charge < -0.3 is 26.1 Å². The Bertz CT molecular complexity index is 1060. The van der Waals surface area contributed by atoms with E-state index in [1.54, 1.807) is 11.8 Å². The van der Waals surface area contributed by atoms with Crippen LogP contribution in [0.15, 0.2) is 29.8 Å². The number of hydrogen-bond acceptors (Lipinski definition) is 6. The summed E-state index contributed by atoms with van der Waals surface area (Å²) in [6.07, 6.45) is 3.11. The first-order chi connectivity index (χ1) is 12.3. The van der Waals surface area contributed by atoms with Gasteiger partial charge in [-0.1, -0.05) is 0 Å². The molecule has 26 heavy (non-hydrogen) atoms. The lowest BCUT2D eigenvalue weighted by Crippen LogP contribution is -2.42. The Morgan fingerprint density at radius 3 is 2.81 bits per heavy atom. The lowest BCUT2D eigenvalue weighted by molar-refractivity contribution is 0.0461. The second-order valence-corrected chi connectivity index (χ2v) is 8.09. The zero-order valence-corrected chi connectivity index (χ0v) is 15.7. The van der Waals surface area contributed by atoms with Crippen LogP contribution in [0.25, 0.3) is 27.5 Å². The first kappa shape index (κ1) is 16.9. The van der Waals surface area contributed by atoms with Gasteiger partial charge in [-0.05, 0) is 37.5 Å². The molecule has 0 amide bonds. The molecule has 0 radical (unpaired) electrons. The smallest absolute Gasteiger partial charge is 0.107 e. The Hall–Kier alpha value is -2.51. The fourth-order valence-corrected chi connectivity index (χ4v) is 4.72. The Morgan fingerprint density at radius 2 is 2.15 bits per heavy atom. The number of nitrogens with one attached hydrogen (secondary N) is 2. The number of nitrogen functional groups attached to an aromatic ring is 1. The summed E-state index contributed by atoms with van der Waals surface area (Å²) in [5.41, 5.74) is 10.2. The van der Waals surface area contributed by atoms with Crippen LogP contribution >= 0.6 is 11.8 Å². The minimum absolute atomic E-state index is 0.0641. The van der Waals surface area contributed by atoms with Gasteiger partial charge in [0.05, 0.1) is 28.7 Å². The van der Waals surface area contributed by atoms with Crippen LogP contribution in [-0.4, -0.2) is 44.2 Å². The average molecular weight is 367 g/mol. The van der Waals surface area contributed by atoms with Gasteiger partial charge in [0.15, 0.2) is 0 Å². The molecule has 3 aromatic rings. The molecule has 1 aromatic carbocycles. The largest absolute Gasteiger partial charge is 0.398 e. The van der Waals surface area contributed by atoms with Crippen LogP contribution < -0.4 is 5.73 Å². The maximum Gasteiger partial charge on any atom is 0.107 e. The van der Waals surface area contributed by atoms with Gasteiger partial charge >= 0.3 is 0 Å². The number of rotatable bonds is 3. The van der Waals surface area contributed by atoms with Crippen LogP contribution in [0.1, 0.15) is 25.1 Å². The van der Waals surface area contributed by atoms with E-state index in [9.17, 15) is 5.11 Å². The molecule has 0 bridgehead atoms. The normalized spacial score (nSPS) is 17.9. The molecule has 1 unspecified atom stereocenters. The zero-order chi connectivity index (χ0) is 18.6. The second kappa shape index (κ2) is 5.75. The molecule has 1 aliphatic rings. The van der Waals surface area contributed by atoms with Gasteiger partial charge in [0.25, 0.3) is 0 Å². The van der Waals surface area contributed by atoms with E-state index in [2.05, 4.69) is 14.9 Å². The van der Waals surface area contributed by atoms with E-state index in [1.807, 2.05) is 50.7 Å². The van der Waals surface area contributed by atoms with Crippen molar-refractivity contribution in [1.82, 2.24) is 14.9 Å². The van der Waals surface area contributed by atoms with Gasteiger partial charge in [-0.15, -0.1) is 11.8 Å². The number of nitrogens with zero attached hydrogens (tertiary/aromatic N) is 2. The molecule has 0 fully saturated rings. The third-order valence-electron chi connectivity index (χ3n) is 4.77. The third kappa shape index (κ3) is 2.47. The van der Waals surface area contributed by atoms with Crippen molar-refractivity contribution in [2.75, 3.05) is 12.8 Å². The van der Waals surface area contributed by atoms with Gasteiger partial charge in [0.2, 0.25) is 0 Å². The fourth-order valence-electron chi connectivity index (χ4n) is 3.54. The van der Waals surface area contributed by atoms with Crippen molar-refractivity contribution in [2.45, 2.75) is 24.8 Å². The zero-order valence-electron chi connectivity index (χ0n) is 14.9. The first-order valence-electron chi connectivity index (χ1n) is 8.33. The molecular formula is C19H21N5OS. The number of benzene rings is 1. The lowest BCUT2D eigenvalue weighted by Gasteiger charge is -2.33. The topological polar surface area (TPSA) is 102 Å². The Morgan fingerprint density at radius 1 is 1.38 bits per heavy atom. The summed E-state index contributed by atoms with van der Waals surface area (Å²) in [4.78, 5) is 10.0. The molecule has 134 valence electrons. The van der Waals surface area contributed by atoms with E-state index in [0.29, 0.717) is 11.3 Å². The first-order valence-corrected chi connectivity index (χ1v) is 9.27. The molecule has 0 spiro atoms. The minimum Gasteiger partial charge on any atom is -0.398 e. The number of pyridine rings is 1. The molecule has 0 saturated carbocycles. The number of likely N-dealkylation sites (N-methyl/N-ethyl adjacent to an activating group) is 1. The Kier molecular flexibility index (Phi) is 3.75. The number of aliphatic hydroxyl groups is 1. The van der Waals surface area contributed by atoms with Crippen molar-refractivity contribution in [2.24, 2.45) is 0 Å². The van der Waals surface area contributed by atoms with E-state index < -0.39 is 5.60 Å². The van der Waals surface area contributed by atoms with Crippen LogP contribution in [0.2, 0.25) is 0 Å². The number of hydrogen-bond donors (Lipinski definition) is 4. The monoisotopic (exact) mass is 367 g/mol. The molecule has 0 saturated heterocycles.